The van der Waals surface area contributed by atoms with Crippen molar-refractivity contribution in [3.8, 4) is 5.75 Å². The van der Waals surface area contributed by atoms with E-state index in [0.29, 0.717) is 11.4 Å². The highest BCUT2D eigenvalue weighted by Gasteiger charge is 2.33. The van der Waals surface area contributed by atoms with Crippen molar-refractivity contribution in [1.82, 2.24) is 11.0 Å². The lowest BCUT2D eigenvalue weighted by Crippen LogP contribution is -2.28. The molecule has 0 spiro atoms. The molecule has 31 heavy (non-hydrogen) atoms. The lowest BCUT2D eigenvalue weighted by atomic mass is 10.2. The van der Waals surface area contributed by atoms with E-state index in [9.17, 15) is 14.2 Å². The number of carbonyl (C=O) groups is 2. The molecule has 0 aliphatic carbocycles. The van der Waals surface area contributed by atoms with Crippen LogP contribution in [0.4, 0.5) is 11.4 Å². The Bertz CT molecular complexity index is 1030. The van der Waals surface area contributed by atoms with Crippen LogP contribution in [0.2, 0.25) is 0 Å². The number of nitrogens with one attached hydrogen (secondary N) is 2. The summed E-state index contributed by atoms with van der Waals surface area (Å²) in [5.41, 5.74) is 16.4. The first-order valence-electron chi connectivity index (χ1n) is 8.88. The second-order valence-corrected chi connectivity index (χ2v) is 7.58. The van der Waals surface area contributed by atoms with Gasteiger partial charge in [0.1, 0.15) is 5.75 Å². The number of amides is 2. The molecule has 3 rings (SSSR count). The predicted octanol–water partition coefficient (Wildman–Crippen LogP) is 3.06. The molecule has 0 unspecified atom stereocenters. The number of rotatable bonds is 8. The van der Waals surface area contributed by atoms with E-state index in [1.165, 1.54) is 60.7 Å². The first-order valence-corrected chi connectivity index (χ1v) is 10.3. The van der Waals surface area contributed by atoms with E-state index in [1.54, 1.807) is 18.2 Å². The van der Waals surface area contributed by atoms with Crippen LogP contribution in [0.25, 0.3) is 0 Å². The van der Waals surface area contributed by atoms with Crippen molar-refractivity contribution in [2.45, 2.75) is 0 Å². The molecule has 2 amide bonds. The van der Waals surface area contributed by atoms with E-state index in [4.69, 9.17) is 25.2 Å². The number of para-hydroxylation sites is 1. The molecule has 0 saturated heterocycles. The minimum Gasteiger partial charge on any atom is -0.402 e. The maximum Gasteiger partial charge on any atom is 0.574 e. The van der Waals surface area contributed by atoms with Crippen molar-refractivity contribution in [2.75, 3.05) is 11.5 Å². The second-order valence-electron chi connectivity index (χ2n) is 6.14. The van der Waals surface area contributed by atoms with Crippen LogP contribution in [0.3, 0.4) is 0 Å². The van der Waals surface area contributed by atoms with Crippen LogP contribution < -0.4 is 27.0 Å². The predicted molar refractivity (Wildman–Crippen MR) is 113 cm³/mol. The number of phosphoric acid groups is 1. The molecule has 3 aromatic rings. The third-order valence-corrected chi connectivity index (χ3v) is 4.87. The number of benzene rings is 3. The summed E-state index contributed by atoms with van der Waals surface area (Å²) in [7, 11) is -4.52. The fraction of sp³-hybridized carbons (Fsp3) is 0. The van der Waals surface area contributed by atoms with Gasteiger partial charge in [-0.1, -0.05) is 18.2 Å². The Balaban J connectivity index is 1.70. The lowest BCUT2D eigenvalue weighted by Gasteiger charge is -2.18. The smallest absolute Gasteiger partial charge is 0.402 e. The Morgan fingerprint density at radius 3 is 1.52 bits per heavy atom. The Kier molecular flexibility index (Phi) is 6.88. The summed E-state index contributed by atoms with van der Waals surface area (Å²) >= 11 is 0. The van der Waals surface area contributed by atoms with Gasteiger partial charge in [0.2, 0.25) is 0 Å². The van der Waals surface area contributed by atoms with Crippen LogP contribution in [0.5, 0.6) is 5.75 Å². The van der Waals surface area contributed by atoms with Gasteiger partial charge in [-0.05, 0) is 60.7 Å². The molecule has 3 aromatic carbocycles. The second kappa shape index (κ2) is 9.77. The largest absolute Gasteiger partial charge is 0.574 e. The quantitative estimate of drug-likeness (QED) is 0.236. The Morgan fingerprint density at radius 1 is 0.677 bits per heavy atom. The maximum absolute atomic E-state index is 13.0. The van der Waals surface area contributed by atoms with E-state index >= 15 is 0 Å². The third kappa shape index (κ3) is 6.31. The number of carbonyl (C=O) groups excluding carboxylic acids is 2. The van der Waals surface area contributed by atoms with Crippen LogP contribution in [0, 0.1) is 0 Å². The van der Waals surface area contributed by atoms with Gasteiger partial charge in [-0.15, -0.1) is 0 Å². The van der Waals surface area contributed by atoms with Gasteiger partial charge in [-0.25, -0.2) is 15.5 Å². The Labute approximate surface area is 177 Å². The average Bonchev–Trinajstić information content (AvgIpc) is 2.78. The summed E-state index contributed by atoms with van der Waals surface area (Å²) < 4.78 is 28.1. The Hall–Kier alpha value is -3.85. The molecule has 160 valence electrons. The molecule has 0 heterocycles. The van der Waals surface area contributed by atoms with Crippen LogP contribution in [-0.4, -0.2) is 11.8 Å². The minimum atomic E-state index is -4.52. The molecule has 11 heteroatoms. The van der Waals surface area contributed by atoms with Gasteiger partial charge in [-0.3, -0.25) is 9.59 Å². The van der Waals surface area contributed by atoms with Crippen molar-refractivity contribution in [1.29, 1.82) is 0 Å². The summed E-state index contributed by atoms with van der Waals surface area (Å²) in [6.07, 6.45) is 0. The molecular formula is C20H19N4O6P. The van der Waals surface area contributed by atoms with Gasteiger partial charge in [0.15, 0.2) is 0 Å². The van der Waals surface area contributed by atoms with Gasteiger partial charge in [0, 0.05) is 22.5 Å². The normalized spacial score (nSPS) is 10.8. The number of nitrogens with two attached hydrogens (primary N) is 2. The van der Waals surface area contributed by atoms with Crippen molar-refractivity contribution in [3.63, 3.8) is 0 Å². The zero-order chi connectivity index (χ0) is 22.3. The topological polar surface area (TPSA) is 155 Å². The van der Waals surface area contributed by atoms with Crippen molar-refractivity contribution in [2.24, 2.45) is 0 Å². The van der Waals surface area contributed by atoms with Gasteiger partial charge in [0.05, 0.1) is 0 Å². The number of hydroxylamine groups is 2. The lowest BCUT2D eigenvalue weighted by molar-refractivity contribution is 0.0442. The molecule has 0 saturated carbocycles. The van der Waals surface area contributed by atoms with Crippen LogP contribution in [-0.2, 0) is 13.8 Å². The number of nitrogen functional groups attached to an aromatic ring is 2. The van der Waals surface area contributed by atoms with Crippen molar-refractivity contribution >= 4 is 31.0 Å². The standard InChI is InChI=1S/C20H19N4O6P/c21-16-10-6-14(7-11-16)19(25)23-29-31(27,28-18-4-2-1-3-5-18)30-24-20(26)15-8-12-17(22)13-9-15/h1-13H,21-22H2,(H,23,25)(H,24,26). The van der Waals surface area contributed by atoms with E-state index in [2.05, 4.69) is 0 Å². The van der Waals surface area contributed by atoms with E-state index in [0.717, 1.165) is 0 Å². The first-order chi connectivity index (χ1) is 14.8. The number of anilines is 2. The molecule has 0 aliphatic heterocycles. The Morgan fingerprint density at radius 2 is 1.10 bits per heavy atom. The summed E-state index contributed by atoms with van der Waals surface area (Å²) in [5, 5.41) is 0. The summed E-state index contributed by atoms with van der Waals surface area (Å²) in [5.74, 6) is -1.34. The van der Waals surface area contributed by atoms with Gasteiger partial charge in [-0.2, -0.15) is 9.25 Å². The monoisotopic (exact) mass is 442 g/mol. The highest BCUT2D eigenvalue weighted by Crippen LogP contribution is 2.47. The van der Waals surface area contributed by atoms with Crippen LogP contribution in [0.1, 0.15) is 20.7 Å². The van der Waals surface area contributed by atoms with Gasteiger partial charge in [0.25, 0.3) is 11.8 Å². The number of hydrogen-bond donors (Lipinski definition) is 4. The molecule has 0 radical (unpaired) electrons. The molecule has 0 bridgehead atoms. The maximum atomic E-state index is 13.0. The zero-order valence-corrected chi connectivity index (χ0v) is 17.0. The highest BCUT2D eigenvalue weighted by molar-refractivity contribution is 7.48. The molecule has 0 fully saturated rings. The first kappa shape index (κ1) is 21.8. The van der Waals surface area contributed by atoms with Gasteiger partial charge < -0.3 is 16.0 Å². The van der Waals surface area contributed by atoms with Gasteiger partial charge >= 0.3 is 7.82 Å². The van der Waals surface area contributed by atoms with Crippen LogP contribution in [0.15, 0.2) is 78.9 Å². The van der Waals surface area contributed by atoms with E-state index < -0.39 is 19.6 Å². The molecule has 10 nitrogen and oxygen atoms in total. The third-order valence-electron chi connectivity index (χ3n) is 3.81. The minimum absolute atomic E-state index is 0.120. The fourth-order valence-electron chi connectivity index (χ4n) is 2.25. The number of hydrogen-bond acceptors (Lipinski definition) is 8. The molecule has 6 N–H and O–H groups in total. The fourth-order valence-corrected chi connectivity index (χ4v) is 3.13. The molecule has 0 atom stereocenters. The summed E-state index contributed by atoms with van der Waals surface area (Å²) in [4.78, 5) is 24.5. The van der Waals surface area contributed by atoms with Crippen molar-refractivity contribution < 1.29 is 27.9 Å². The van der Waals surface area contributed by atoms with E-state index in [1.807, 2.05) is 11.0 Å². The average molecular weight is 442 g/mol. The zero-order valence-electron chi connectivity index (χ0n) is 16.1. The molecule has 0 aliphatic rings. The highest BCUT2D eigenvalue weighted by atomic mass is 31.2. The van der Waals surface area contributed by atoms with Crippen molar-refractivity contribution in [3.05, 3.63) is 90.0 Å². The summed E-state index contributed by atoms with van der Waals surface area (Å²) in [6, 6.07) is 19.8. The SMILES string of the molecule is Nc1ccc(C(=O)NOP(=O)(ONC(=O)c2ccc(N)cc2)Oc2ccccc2)cc1. The van der Waals surface area contributed by atoms with E-state index in [-0.39, 0.29) is 16.9 Å². The summed E-state index contributed by atoms with van der Waals surface area (Å²) in [6.45, 7) is 0. The molecule has 0 aromatic heterocycles. The molecular weight excluding hydrogens is 423 g/mol. The van der Waals surface area contributed by atoms with Crippen LogP contribution >= 0.6 is 7.82 Å².